The van der Waals surface area contributed by atoms with Crippen LogP contribution in [0.1, 0.15) is 20.7 Å². The number of hydrogen-bond donors (Lipinski definition) is 2. The lowest BCUT2D eigenvalue weighted by molar-refractivity contribution is 0.0682. The van der Waals surface area contributed by atoms with Crippen molar-refractivity contribution in [1.29, 1.82) is 0 Å². The van der Waals surface area contributed by atoms with Gasteiger partial charge >= 0.3 is 11.9 Å². The van der Waals surface area contributed by atoms with Crippen molar-refractivity contribution < 1.29 is 19.8 Å². The molecule has 0 bridgehead atoms. The van der Waals surface area contributed by atoms with Gasteiger partial charge in [0.15, 0.2) is 0 Å². The number of carboxylic acids is 2. The predicted octanol–water partition coefficient (Wildman–Crippen LogP) is 4.03. The molecular weight excluding hydrogens is 317 g/mol. The molecule has 0 amide bonds. The molecule has 0 atom stereocenters. The summed E-state index contributed by atoms with van der Waals surface area (Å²) in [7, 11) is 0. The molecule has 0 aliphatic heterocycles. The lowest BCUT2D eigenvalue weighted by Gasteiger charge is -2.19. The van der Waals surface area contributed by atoms with Crippen molar-refractivity contribution in [1.82, 2.24) is 0 Å². The zero-order chi connectivity index (χ0) is 15.6. The molecule has 0 saturated carbocycles. The van der Waals surface area contributed by atoms with E-state index < -0.39 is 11.9 Å². The maximum absolute atomic E-state index is 11.3. The van der Waals surface area contributed by atoms with Crippen molar-refractivity contribution >= 4 is 46.7 Å². The van der Waals surface area contributed by atoms with Crippen LogP contribution in [0.4, 0.5) is 11.4 Å². The average molecular weight is 326 g/mol. The van der Waals surface area contributed by atoms with Crippen molar-refractivity contribution in [2.75, 3.05) is 4.42 Å². The highest BCUT2D eigenvalue weighted by Gasteiger charge is 2.20. The maximum Gasteiger partial charge on any atom is 0.337 e. The topological polar surface area (TPSA) is 77.8 Å². The van der Waals surface area contributed by atoms with Crippen LogP contribution in [-0.2, 0) is 0 Å². The number of para-hydroxylation sites is 1. The minimum Gasteiger partial charge on any atom is -0.478 e. The number of anilines is 2. The normalized spacial score (nSPS) is 10.2. The molecule has 108 valence electrons. The quantitative estimate of drug-likeness (QED) is 0.830. The molecule has 2 aromatic carbocycles. The molecule has 0 aliphatic rings. The summed E-state index contributed by atoms with van der Waals surface area (Å²) in [6.45, 7) is 0. The molecule has 0 aliphatic carbocycles. The third-order valence-corrected chi connectivity index (χ3v) is 3.43. The molecular formula is C14H9Cl2NO4. The Balaban J connectivity index is 2.60. The van der Waals surface area contributed by atoms with Crippen LogP contribution in [0.15, 0.2) is 42.5 Å². The van der Waals surface area contributed by atoms with Gasteiger partial charge in [-0.05, 0) is 30.3 Å². The van der Waals surface area contributed by atoms with Crippen molar-refractivity contribution in [2.45, 2.75) is 0 Å². The molecule has 7 heteroatoms. The molecule has 21 heavy (non-hydrogen) atoms. The fourth-order valence-electron chi connectivity index (χ4n) is 1.75. The number of rotatable bonds is 4. The summed E-state index contributed by atoms with van der Waals surface area (Å²) in [5.74, 6) is -2.41. The molecule has 0 spiro atoms. The summed E-state index contributed by atoms with van der Waals surface area (Å²) >= 11 is 12.2. The van der Waals surface area contributed by atoms with E-state index in [1.54, 1.807) is 24.3 Å². The van der Waals surface area contributed by atoms with Gasteiger partial charge < -0.3 is 10.2 Å². The second-order valence-electron chi connectivity index (χ2n) is 4.07. The molecule has 0 radical (unpaired) electrons. The van der Waals surface area contributed by atoms with E-state index in [0.29, 0.717) is 10.7 Å². The van der Waals surface area contributed by atoms with Gasteiger partial charge in [0.25, 0.3) is 0 Å². The second kappa shape index (κ2) is 6.03. The SMILES string of the molecule is O=C(O)c1ccc(C(=O)O)c(N(Cl)c2ccccc2Cl)c1. The molecule has 5 nitrogen and oxygen atoms in total. The van der Waals surface area contributed by atoms with E-state index >= 15 is 0 Å². The van der Waals surface area contributed by atoms with E-state index in [1.807, 2.05) is 0 Å². The standard InChI is InChI=1S/C14H9Cl2NO4/c15-10-3-1-2-4-11(10)17(16)12-7-8(13(18)19)5-6-9(12)14(20)21/h1-7H,(H,18,19)(H,20,21). The Morgan fingerprint density at radius 1 is 0.952 bits per heavy atom. The fourth-order valence-corrected chi connectivity index (χ4v) is 2.30. The van der Waals surface area contributed by atoms with Gasteiger partial charge in [0, 0.05) is 11.8 Å². The predicted molar refractivity (Wildman–Crippen MR) is 79.8 cm³/mol. The summed E-state index contributed by atoms with van der Waals surface area (Å²) in [6.07, 6.45) is 0. The first-order valence-electron chi connectivity index (χ1n) is 5.73. The van der Waals surface area contributed by atoms with E-state index in [-0.39, 0.29) is 16.8 Å². The summed E-state index contributed by atoms with van der Waals surface area (Å²) < 4.78 is 1.03. The summed E-state index contributed by atoms with van der Waals surface area (Å²) in [5, 5.41) is 18.5. The number of hydrogen-bond acceptors (Lipinski definition) is 3. The monoisotopic (exact) mass is 325 g/mol. The van der Waals surface area contributed by atoms with Gasteiger partial charge in [0.2, 0.25) is 0 Å². The van der Waals surface area contributed by atoms with E-state index in [0.717, 1.165) is 4.42 Å². The maximum atomic E-state index is 11.3. The Morgan fingerprint density at radius 3 is 2.19 bits per heavy atom. The number of carbonyl (C=O) groups is 2. The van der Waals surface area contributed by atoms with Crippen molar-refractivity contribution in [3.05, 3.63) is 58.6 Å². The fraction of sp³-hybridized carbons (Fsp3) is 0. The largest absolute Gasteiger partial charge is 0.478 e. The van der Waals surface area contributed by atoms with Crippen LogP contribution in [0, 0.1) is 0 Å². The Hall–Kier alpha value is -2.24. The van der Waals surface area contributed by atoms with E-state index in [1.165, 1.54) is 18.2 Å². The Morgan fingerprint density at radius 2 is 1.62 bits per heavy atom. The first-order valence-corrected chi connectivity index (χ1v) is 6.44. The van der Waals surface area contributed by atoms with Crippen LogP contribution in [0.5, 0.6) is 0 Å². The number of benzene rings is 2. The van der Waals surface area contributed by atoms with E-state index in [9.17, 15) is 14.7 Å². The lowest BCUT2D eigenvalue weighted by atomic mass is 10.1. The van der Waals surface area contributed by atoms with Crippen LogP contribution >= 0.6 is 23.4 Å². The van der Waals surface area contributed by atoms with E-state index in [2.05, 4.69) is 0 Å². The Labute approximate surface area is 130 Å². The molecule has 2 aromatic rings. The van der Waals surface area contributed by atoms with Gasteiger partial charge in [-0.25, -0.2) is 9.59 Å². The highest BCUT2D eigenvalue weighted by atomic mass is 35.5. The molecule has 2 N–H and O–H groups in total. The van der Waals surface area contributed by atoms with Gasteiger partial charge in [-0.3, -0.25) is 4.42 Å². The highest BCUT2D eigenvalue weighted by molar-refractivity contribution is 6.38. The highest BCUT2D eigenvalue weighted by Crippen LogP contribution is 2.36. The van der Waals surface area contributed by atoms with Gasteiger partial charge in [0.05, 0.1) is 27.5 Å². The zero-order valence-electron chi connectivity index (χ0n) is 10.5. The number of carboxylic acid groups (broad SMARTS) is 2. The zero-order valence-corrected chi connectivity index (χ0v) is 12.0. The first-order chi connectivity index (χ1) is 9.91. The minimum absolute atomic E-state index is 0.0252. The van der Waals surface area contributed by atoms with Crippen LogP contribution in [0.2, 0.25) is 5.02 Å². The van der Waals surface area contributed by atoms with E-state index in [4.69, 9.17) is 28.5 Å². The number of halogens is 2. The average Bonchev–Trinajstić information content (AvgIpc) is 2.46. The summed E-state index contributed by atoms with van der Waals surface area (Å²) in [4.78, 5) is 22.3. The smallest absolute Gasteiger partial charge is 0.337 e. The van der Waals surface area contributed by atoms with Gasteiger partial charge in [0.1, 0.15) is 0 Å². The third kappa shape index (κ3) is 3.09. The van der Waals surface area contributed by atoms with Crippen molar-refractivity contribution in [3.8, 4) is 0 Å². The van der Waals surface area contributed by atoms with Gasteiger partial charge in [-0.15, -0.1) is 0 Å². The Kier molecular flexibility index (Phi) is 4.35. The third-order valence-electron chi connectivity index (χ3n) is 2.75. The van der Waals surface area contributed by atoms with Crippen molar-refractivity contribution in [2.24, 2.45) is 0 Å². The summed E-state index contributed by atoms with van der Waals surface area (Å²) in [6, 6.07) is 10.1. The van der Waals surface area contributed by atoms with Crippen LogP contribution in [-0.4, -0.2) is 22.2 Å². The van der Waals surface area contributed by atoms with Crippen LogP contribution in [0.3, 0.4) is 0 Å². The molecule has 0 saturated heterocycles. The summed E-state index contributed by atoms with van der Waals surface area (Å²) in [5.41, 5.74) is 0.172. The molecule has 0 fully saturated rings. The van der Waals surface area contributed by atoms with Gasteiger partial charge in [-0.1, -0.05) is 23.7 Å². The Bertz CT molecular complexity index is 718. The molecule has 0 unspecified atom stereocenters. The molecule has 0 heterocycles. The van der Waals surface area contributed by atoms with Crippen LogP contribution < -0.4 is 4.42 Å². The molecule has 0 aromatic heterocycles. The van der Waals surface area contributed by atoms with Crippen LogP contribution in [0.25, 0.3) is 0 Å². The minimum atomic E-state index is -1.22. The number of aromatic carboxylic acids is 2. The molecule has 2 rings (SSSR count). The number of nitrogens with zero attached hydrogens (tertiary/aromatic N) is 1. The second-order valence-corrected chi connectivity index (χ2v) is 4.82. The van der Waals surface area contributed by atoms with Crippen molar-refractivity contribution in [3.63, 3.8) is 0 Å². The van der Waals surface area contributed by atoms with Gasteiger partial charge in [-0.2, -0.15) is 0 Å². The lowest BCUT2D eigenvalue weighted by Crippen LogP contribution is -2.11. The first kappa shape index (κ1) is 15.2.